The van der Waals surface area contributed by atoms with Crippen LogP contribution in [-0.2, 0) is 6.54 Å². The normalized spacial score (nSPS) is 17.3. The summed E-state index contributed by atoms with van der Waals surface area (Å²) in [6.45, 7) is 6.10. The van der Waals surface area contributed by atoms with Crippen LogP contribution in [0.15, 0.2) is 48.5 Å². The zero-order chi connectivity index (χ0) is 18.4. The van der Waals surface area contributed by atoms with Gasteiger partial charge < -0.3 is 9.47 Å². The number of benzene rings is 2. The zero-order valence-electron chi connectivity index (χ0n) is 15.3. The summed E-state index contributed by atoms with van der Waals surface area (Å²) in [5.74, 6) is 0.260. The molecular formula is C22H22Cl2N2. The van der Waals surface area contributed by atoms with Crippen LogP contribution in [0.1, 0.15) is 34.0 Å². The van der Waals surface area contributed by atoms with E-state index in [0.29, 0.717) is 5.02 Å². The van der Waals surface area contributed by atoms with Crippen LogP contribution in [0.2, 0.25) is 10.0 Å². The summed E-state index contributed by atoms with van der Waals surface area (Å²) in [5.41, 5.74) is 7.41. The Labute approximate surface area is 165 Å². The summed E-state index contributed by atoms with van der Waals surface area (Å²) in [6.07, 6.45) is 0. The maximum atomic E-state index is 6.50. The molecule has 2 aromatic carbocycles. The highest BCUT2D eigenvalue weighted by molar-refractivity contribution is 6.35. The van der Waals surface area contributed by atoms with Gasteiger partial charge in [0.05, 0.1) is 0 Å². The van der Waals surface area contributed by atoms with Crippen molar-refractivity contribution in [2.75, 3.05) is 13.6 Å². The van der Waals surface area contributed by atoms with Gasteiger partial charge in [0.25, 0.3) is 0 Å². The topological polar surface area (TPSA) is 8.17 Å². The first-order valence-electron chi connectivity index (χ1n) is 8.85. The minimum Gasteiger partial charge on any atom is -0.319 e. The summed E-state index contributed by atoms with van der Waals surface area (Å²) in [5, 5.41) is 1.47. The number of hydrogen-bond donors (Lipinski definition) is 0. The van der Waals surface area contributed by atoms with Gasteiger partial charge in [-0.15, -0.1) is 0 Å². The van der Waals surface area contributed by atoms with Gasteiger partial charge in [-0.1, -0.05) is 35.3 Å². The van der Waals surface area contributed by atoms with E-state index in [4.69, 9.17) is 23.2 Å². The molecule has 4 heteroatoms. The molecular weight excluding hydrogens is 363 g/mol. The number of fused-ring (bicyclic) bond motifs is 1. The molecule has 0 aliphatic carbocycles. The van der Waals surface area contributed by atoms with Crippen molar-refractivity contribution in [1.29, 1.82) is 0 Å². The highest BCUT2D eigenvalue weighted by Gasteiger charge is 2.27. The first-order valence-corrected chi connectivity index (χ1v) is 9.61. The number of halogens is 2. The van der Waals surface area contributed by atoms with Gasteiger partial charge in [-0.3, -0.25) is 0 Å². The van der Waals surface area contributed by atoms with Crippen LogP contribution in [-0.4, -0.2) is 23.1 Å². The lowest BCUT2D eigenvalue weighted by molar-refractivity contribution is 0.295. The third kappa shape index (κ3) is 3.07. The molecule has 1 aliphatic rings. The number of aryl methyl sites for hydroxylation is 2. The van der Waals surface area contributed by atoms with Gasteiger partial charge in [0.15, 0.2) is 0 Å². The van der Waals surface area contributed by atoms with Crippen LogP contribution in [0.25, 0.3) is 5.69 Å². The molecule has 0 saturated carbocycles. The Morgan fingerprint density at radius 3 is 2.42 bits per heavy atom. The van der Waals surface area contributed by atoms with Crippen LogP contribution in [0.5, 0.6) is 0 Å². The van der Waals surface area contributed by atoms with Crippen molar-refractivity contribution in [3.8, 4) is 5.69 Å². The van der Waals surface area contributed by atoms with Crippen molar-refractivity contribution in [3.05, 3.63) is 86.7 Å². The lowest BCUT2D eigenvalue weighted by Gasteiger charge is -2.33. The third-order valence-corrected chi connectivity index (χ3v) is 5.85. The summed E-state index contributed by atoms with van der Waals surface area (Å²) >= 11 is 12.8. The fourth-order valence-electron chi connectivity index (χ4n) is 4.09. The van der Waals surface area contributed by atoms with Crippen LogP contribution in [0, 0.1) is 13.8 Å². The molecule has 0 spiro atoms. The molecule has 26 heavy (non-hydrogen) atoms. The van der Waals surface area contributed by atoms with Crippen molar-refractivity contribution in [3.63, 3.8) is 0 Å². The second-order valence-electron chi connectivity index (χ2n) is 7.25. The average Bonchev–Trinajstić information content (AvgIpc) is 2.94. The van der Waals surface area contributed by atoms with Gasteiger partial charge >= 0.3 is 0 Å². The molecule has 0 bridgehead atoms. The summed E-state index contributed by atoms with van der Waals surface area (Å²) in [4.78, 5) is 2.33. The molecule has 0 N–H and O–H groups in total. The second-order valence-corrected chi connectivity index (χ2v) is 8.09. The molecule has 2 nitrogen and oxygen atoms in total. The third-order valence-electron chi connectivity index (χ3n) is 5.29. The molecule has 0 fully saturated rings. The van der Waals surface area contributed by atoms with E-state index in [1.807, 2.05) is 6.07 Å². The average molecular weight is 385 g/mol. The highest BCUT2D eigenvalue weighted by Crippen LogP contribution is 2.38. The fraction of sp³-hybridized carbons (Fsp3) is 0.273. The molecule has 2 heterocycles. The Hall–Kier alpha value is -1.74. The van der Waals surface area contributed by atoms with Crippen LogP contribution in [0.4, 0.5) is 0 Å². The minimum atomic E-state index is 0.260. The van der Waals surface area contributed by atoms with E-state index in [-0.39, 0.29) is 5.92 Å². The van der Waals surface area contributed by atoms with E-state index in [1.165, 1.54) is 33.8 Å². The number of likely N-dealkylation sites (N-methyl/N-ethyl adjacent to an activating group) is 1. The van der Waals surface area contributed by atoms with E-state index < -0.39 is 0 Å². The van der Waals surface area contributed by atoms with Gasteiger partial charge in [-0.25, -0.2) is 0 Å². The maximum Gasteiger partial charge on any atom is 0.0468 e. The Balaban J connectivity index is 1.84. The monoisotopic (exact) mass is 384 g/mol. The Morgan fingerprint density at radius 1 is 0.962 bits per heavy atom. The van der Waals surface area contributed by atoms with Gasteiger partial charge in [0, 0.05) is 46.1 Å². The van der Waals surface area contributed by atoms with E-state index in [2.05, 4.69) is 72.8 Å². The molecule has 0 radical (unpaired) electrons. The molecule has 0 saturated heterocycles. The quantitative estimate of drug-likeness (QED) is 0.527. The predicted molar refractivity (Wildman–Crippen MR) is 110 cm³/mol. The predicted octanol–water partition coefficient (Wildman–Crippen LogP) is 5.98. The maximum absolute atomic E-state index is 6.50. The van der Waals surface area contributed by atoms with Crippen molar-refractivity contribution >= 4 is 23.2 Å². The first-order chi connectivity index (χ1) is 12.4. The van der Waals surface area contributed by atoms with Crippen LogP contribution >= 0.6 is 23.2 Å². The van der Waals surface area contributed by atoms with Crippen LogP contribution in [0.3, 0.4) is 0 Å². The van der Waals surface area contributed by atoms with E-state index in [9.17, 15) is 0 Å². The molecule has 1 unspecified atom stereocenters. The van der Waals surface area contributed by atoms with Gasteiger partial charge in [-0.05, 0) is 74.0 Å². The number of aromatic nitrogens is 1. The highest BCUT2D eigenvalue weighted by atomic mass is 35.5. The molecule has 1 atom stereocenters. The van der Waals surface area contributed by atoms with Crippen molar-refractivity contribution < 1.29 is 0 Å². The summed E-state index contributed by atoms with van der Waals surface area (Å²) in [6, 6.07) is 17.1. The number of hydrogen-bond acceptors (Lipinski definition) is 1. The zero-order valence-corrected chi connectivity index (χ0v) is 16.8. The SMILES string of the molecule is Cc1ccc(C)n1-c1cccc(C2CN(C)Cc3c(Cl)cc(Cl)cc32)c1. The smallest absolute Gasteiger partial charge is 0.0468 e. The molecule has 4 rings (SSSR count). The Morgan fingerprint density at radius 2 is 1.69 bits per heavy atom. The number of rotatable bonds is 2. The minimum absolute atomic E-state index is 0.260. The second kappa shape index (κ2) is 6.77. The fourth-order valence-corrected chi connectivity index (χ4v) is 4.66. The molecule has 3 aromatic rings. The lowest BCUT2D eigenvalue weighted by Crippen LogP contribution is -2.31. The standard InChI is InChI=1S/C22H22Cl2N2/c1-14-7-8-15(2)26(14)18-6-4-5-16(9-18)20-12-25(3)13-21-19(20)10-17(23)11-22(21)24/h4-11,20H,12-13H2,1-3H3. The lowest BCUT2D eigenvalue weighted by atomic mass is 9.84. The first kappa shape index (κ1) is 17.7. The van der Waals surface area contributed by atoms with Crippen LogP contribution < -0.4 is 0 Å². The van der Waals surface area contributed by atoms with Crippen molar-refractivity contribution in [1.82, 2.24) is 9.47 Å². The number of nitrogens with zero attached hydrogens (tertiary/aromatic N) is 2. The molecule has 134 valence electrons. The Bertz CT molecular complexity index is 955. The van der Waals surface area contributed by atoms with E-state index in [0.717, 1.165) is 18.1 Å². The van der Waals surface area contributed by atoms with Gasteiger partial charge in [-0.2, -0.15) is 0 Å². The molecule has 1 aromatic heterocycles. The summed E-state index contributed by atoms with van der Waals surface area (Å²) < 4.78 is 2.29. The van der Waals surface area contributed by atoms with E-state index in [1.54, 1.807) is 0 Å². The van der Waals surface area contributed by atoms with E-state index >= 15 is 0 Å². The summed E-state index contributed by atoms with van der Waals surface area (Å²) in [7, 11) is 2.14. The van der Waals surface area contributed by atoms with Crippen molar-refractivity contribution in [2.24, 2.45) is 0 Å². The molecule has 1 aliphatic heterocycles. The Kier molecular flexibility index (Phi) is 4.60. The van der Waals surface area contributed by atoms with Crippen molar-refractivity contribution in [2.45, 2.75) is 26.3 Å². The van der Waals surface area contributed by atoms with Gasteiger partial charge in [0.1, 0.15) is 0 Å². The largest absolute Gasteiger partial charge is 0.319 e. The molecule has 0 amide bonds. The van der Waals surface area contributed by atoms with Gasteiger partial charge in [0.2, 0.25) is 0 Å².